The summed E-state index contributed by atoms with van der Waals surface area (Å²) in [6.45, 7) is 7.02. The molecule has 0 spiro atoms. The Kier molecular flexibility index (Phi) is 12.6. The molecule has 4 N–H and O–H groups in total. The Balaban J connectivity index is 1.21. The van der Waals surface area contributed by atoms with Crippen molar-refractivity contribution >= 4 is 11.8 Å². The molecule has 2 fully saturated rings. The predicted molar refractivity (Wildman–Crippen MR) is 181 cm³/mol. The SMILES string of the molecule is CC(=O)NCCCCCC(=O)NCc1cccc(-c2ccc([C@H]3O[C@@H](CN4CC[C@H](O)C4)[C@@H](C)[C@@H](c4ccc(CO)cc4)O3)cc2)c1. The van der Waals surface area contributed by atoms with Crippen molar-refractivity contribution < 1.29 is 29.3 Å². The maximum absolute atomic E-state index is 12.4. The Hall–Kier alpha value is -3.60. The highest BCUT2D eigenvalue weighted by atomic mass is 16.7. The number of unbranched alkanes of at least 4 members (excludes halogenated alkanes) is 2. The lowest BCUT2D eigenvalue weighted by Crippen LogP contribution is -2.44. The van der Waals surface area contributed by atoms with E-state index in [9.17, 15) is 19.8 Å². The quantitative estimate of drug-likeness (QED) is 0.182. The van der Waals surface area contributed by atoms with Gasteiger partial charge in [0.2, 0.25) is 11.8 Å². The average molecular weight is 644 g/mol. The molecule has 5 rings (SSSR count). The summed E-state index contributed by atoms with van der Waals surface area (Å²) in [5.74, 6) is 0.0903. The Morgan fingerprint density at radius 3 is 2.36 bits per heavy atom. The van der Waals surface area contributed by atoms with Crippen molar-refractivity contribution in [1.82, 2.24) is 15.5 Å². The third kappa shape index (κ3) is 9.95. The zero-order valence-corrected chi connectivity index (χ0v) is 27.6. The standard InChI is InChI=1S/C38H49N3O6/c1-26-35(24-41-20-18-34(44)23-41)46-38(47-37(26)31-12-10-28(25-42)11-13-31)32-16-14-30(15-17-32)33-8-6-7-29(21-33)22-40-36(45)9-4-3-5-19-39-27(2)43/h6-8,10-17,21,26,34-35,37-38,42,44H,3-5,9,18-20,22-25H2,1-2H3,(H,39,43)(H,40,45)/t26-,34+,35+,37+,38+/m1/s1. The Morgan fingerprint density at radius 2 is 1.66 bits per heavy atom. The third-order valence-electron chi connectivity index (χ3n) is 9.20. The molecular weight excluding hydrogens is 594 g/mol. The molecule has 2 saturated heterocycles. The van der Waals surface area contributed by atoms with E-state index in [1.807, 2.05) is 36.4 Å². The van der Waals surface area contributed by atoms with E-state index >= 15 is 0 Å². The third-order valence-corrected chi connectivity index (χ3v) is 9.20. The fourth-order valence-corrected chi connectivity index (χ4v) is 6.39. The van der Waals surface area contributed by atoms with Crippen LogP contribution in [0.4, 0.5) is 0 Å². The molecule has 0 saturated carbocycles. The summed E-state index contributed by atoms with van der Waals surface area (Å²) in [4.78, 5) is 25.6. The zero-order valence-electron chi connectivity index (χ0n) is 27.6. The first-order valence-corrected chi connectivity index (χ1v) is 16.9. The van der Waals surface area contributed by atoms with Gasteiger partial charge in [-0.1, -0.05) is 80.1 Å². The van der Waals surface area contributed by atoms with E-state index in [4.69, 9.17) is 9.47 Å². The van der Waals surface area contributed by atoms with E-state index in [0.29, 0.717) is 26.1 Å². The van der Waals surface area contributed by atoms with Gasteiger partial charge in [-0.2, -0.15) is 0 Å². The summed E-state index contributed by atoms with van der Waals surface area (Å²) in [6.07, 6.45) is 2.71. The number of carbonyl (C=O) groups is 2. The van der Waals surface area contributed by atoms with Crippen LogP contribution in [0.2, 0.25) is 0 Å². The van der Waals surface area contributed by atoms with Gasteiger partial charge in [-0.15, -0.1) is 0 Å². The van der Waals surface area contributed by atoms with Gasteiger partial charge in [0.1, 0.15) is 0 Å². The Morgan fingerprint density at radius 1 is 0.894 bits per heavy atom. The normalized spacial score (nSPS) is 23.0. The monoisotopic (exact) mass is 643 g/mol. The fraction of sp³-hybridized carbons (Fsp3) is 0.474. The van der Waals surface area contributed by atoms with Gasteiger partial charge in [-0.25, -0.2) is 0 Å². The van der Waals surface area contributed by atoms with E-state index in [1.165, 1.54) is 6.92 Å². The molecule has 9 nitrogen and oxygen atoms in total. The molecule has 2 aliphatic heterocycles. The van der Waals surface area contributed by atoms with Gasteiger partial charge in [-0.05, 0) is 53.1 Å². The van der Waals surface area contributed by atoms with Gasteiger partial charge in [0.15, 0.2) is 6.29 Å². The van der Waals surface area contributed by atoms with Gasteiger partial charge in [0, 0.05) is 57.5 Å². The molecule has 2 aliphatic rings. The first-order chi connectivity index (χ1) is 22.8. The number of carbonyl (C=O) groups excluding carboxylic acids is 2. The number of benzene rings is 3. The Labute approximate surface area is 278 Å². The molecule has 0 radical (unpaired) electrons. The van der Waals surface area contributed by atoms with Crippen molar-refractivity contribution in [2.75, 3.05) is 26.2 Å². The molecule has 2 amide bonds. The minimum Gasteiger partial charge on any atom is -0.392 e. The van der Waals surface area contributed by atoms with Crippen molar-refractivity contribution in [1.29, 1.82) is 0 Å². The number of hydrogen-bond donors (Lipinski definition) is 4. The lowest BCUT2D eigenvalue weighted by Gasteiger charge is -2.42. The van der Waals surface area contributed by atoms with Crippen molar-refractivity contribution in [3.05, 3.63) is 95.1 Å². The number of aliphatic hydroxyl groups is 2. The number of β-amino-alcohol motifs (C(OH)–C–C–N with tert-alkyl or cyclic N) is 1. The maximum atomic E-state index is 12.4. The minimum atomic E-state index is -0.549. The molecule has 3 aromatic carbocycles. The molecule has 3 aromatic rings. The van der Waals surface area contributed by atoms with E-state index in [1.54, 1.807) is 0 Å². The highest BCUT2D eigenvalue weighted by molar-refractivity contribution is 5.76. The summed E-state index contributed by atoms with van der Waals surface area (Å²) in [5.41, 5.74) is 6.00. The number of ether oxygens (including phenoxy) is 2. The number of hydrogen-bond acceptors (Lipinski definition) is 7. The second-order valence-corrected chi connectivity index (χ2v) is 12.9. The van der Waals surface area contributed by atoms with Crippen molar-refractivity contribution in [2.24, 2.45) is 5.92 Å². The van der Waals surface area contributed by atoms with Crippen LogP contribution >= 0.6 is 0 Å². The summed E-state index contributed by atoms with van der Waals surface area (Å²) in [6, 6.07) is 24.4. The molecule has 0 aromatic heterocycles. The predicted octanol–water partition coefficient (Wildman–Crippen LogP) is 5.02. The molecule has 47 heavy (non-hydrogen) atoms. The molecule has 9 heteroatoms. The van der Waals surface area contributed by atoms with Crippen LogP contribution in [0.5, 0.6) is 0 Å². The number of likely N-dealkylation sites (tertiary alicyclic amines) is 1. The number of nitrogens with zero attached hydrogens (tertiary/aromatic N) is 1. The number of rotatable bonds is 14. The zero-order chi connectivity index (χ0) is 33.2. The summed E-state index contributed by atoms with van der Waals surface area (Å²) >= 11 is 0. The van der Waals surface area contributed by atoms with Crippen molar-refractivity contribution in [3.63, 3.8) is 0 Å². The Bertz CT molecular complexity index is 1450. The van der Waals surface area contributed by atoms with E-state index in [2.05, 4.69) is 58.9 Å². The van der Waals surface area contributed by atoms with Crippen LogP contribution in [0.25, 0.3) is 11.1 Å². The second kappa shape index (κ2) is 17.0. The van der Waals surface area contributed by atoms with Crippen LogP contribution in [-0.2, 0) is 32.2 Å². The summed E-state index contributed by atoms with van der Waals surface area (Å²) < 4.78 is 13.2. The van der Waals surface area contributed by atoms with Crippen LogP contribution < -0.4 is 10.6 Å². The lowest BCUT2D eigenvalue weighted by atomic mass is 9.90. The van der Waals surface area contributed by atoms with Gasteiger partial charge >= 0.3 is 0 Å². The van der Waals surface area contributed by atoms with E-state index < -0.39 is 6.29 Å². The van der Waals surface area contributed by atoms with Crippen LogP contribution in [-0.4, -0.2) is 65.3 Å². The molecule has 0 unspecified atom stereocenters. The van der Waals surface area contributed by atoms with Gasteiger partial charge in [0.05, 0.1) is 24.9 Å². The summed E-state index contributed by atoms with van der Waals surface area (Å²) in [5, 5.41) is 25.4. The molecule has 5 atom stereocenters. The second-order valence-electron chi connectivity index (χ2n) is 12.9. The first kappa shape index (κ1) is 34.7. The molecular formula is C38H49N3O6. The summed E-state index contributed by atoms with van der Waals surface area (Å²) in [7, 11) is 0. The maximum Gasteiger partial charge on any atom is 0.220 e. The minimum absolute atomic E-state index is 0.0000675. The lowest BCUT2D eigenvalue weighted by molar-refractivity contribution is -0.276. The van der Waals surface area contributed by atoms with Crippen LogP contribution in [0, 0.1) is 5.92 Å². The highest BCUT2D eigenvalue weighted by Gasteiger charge is 2.39. The molecule has 0 aliphatic carbocycles. The van der Waals surface area contributed by atoms with Crippen molar-refractivity contribution in [3.8, 4) is 11.1 Å². The number of aliphatic hydroxyl groups excluding tert-OH is 2. The fourth-order valence-electron chi connectivity index (χ4n) is 6.39. The largest absolute Gasteiger partial charge is 0.392 e. The first-order valence-electron chi connectivity index (χ1n) is 16.9. The number of amides is 2. The molecule has 252 valence electrons. The smallest absolute Gasteiger partial charge is 0.220 e. The topological polar surface area (TPSA) is 120 Å². The van der Waals surface area contributed by atoms with Gasteiger partial charge in [0.25, 0.3) is 0 Å². The van der Waals surface area contributed by atoms with E-state index in [-0.39, 0.29) is 42.7 Å². The highest BCUT2D eigenvalue weighted by Crippen LogP contribution is 2.42. The van der Waals surface area contributed by atoms with Gasteiger partial charge < -0.3 is 30.3 Å². The van der Waals surface area contributed by atoms with E-state index in [0.717, 1.165) is 72.2 Å². The van der Waals surface area contributed by atoms with Gasteiger partial charge in [-0.3, -0.25) is 14.5 Å². The average Bonchev–Trinajstić information content (AvgIpc) is 3.50. The van der Waals surface area contributed by atoms with Crippen molar-refractivity contribution in [2.45, 2.75) is 83.7 Å². The molecule has 0 bridgehead atoms. The van der Waals surface area contributed by atoms with Crippen LogP contribution in [0.15, 0.2) is 72.8 Å². The van der Waals surface area contributed by atoms with Crippen LogP contribution in [0.3, 0.4) is 0 Å². The number of nitrogens with one attached hydrogen (secondary N) is 2. The molecule has 2 heterocycles. The van der Waals surface area contributed by atoms with Crippen LogP contribution in [0.1, 0.15) is 80.6 Å².